The number of furan rings is 2. The van der Waals surface area contributed by atoms with Crippen LogP contribution in [0, 0.1) is 0 Å². The van der Waals surface area contributed by atoms with Gasteiger partial charge < -0.3 is 13.7 Å². The first-order chi connectivity index (χ1) is 24.7. The maximum Gasteiger partial charge on any atom is 0.137 e. The Morgan fingerprint density at radius 2 is 0.960 bits per heavy atom. The Morgan fingerprint density at radius 1 is 0.360 bits per heavy atom. The van der Waals surface area contributed by atoms with Crippen molar-refractivity contribution in [3.8, 4) is 11.1 Å². The van der Waals surface area contributed by atoms with Gasteiger partial charge in [-0.2, -0.15) is 0 Å². The molecule has 11 rings (SSSR count). The highest BCUT2D eigenvalue weighted by atomic mass is 32.1. The number of thiophene rings is 1. The van der Waals surface area contributed by atoms with Crippen LogP contribution < -0.4 is 4.90 Å². The van der Waals surface area contributed by atoms with Gasteiger partial charge in [0.25, 0.3) is 0 Å². The molecule has 234 valence electrons. The maximum atomic E-state index is 6.35. The average molecular weight is 658 g/mol. The number of para-hydroxylation sites is 2. The zero-order valence-corrected chi connectivity index (χ0v) is 27.6. The highest BCUT2D eigenvalue weighted by molar-refractivity contribution is 7.26. The Balaban J connectivity index is 1.04. The number of anilines is 3. The lowest BCUT2D eigenvalue weighted by atomic mass is 9.98. The van der Waals surface area contributed by atoms with Crippen molar-refractivity contribution in [3.63, 3.8) is 0 Å². The minimum Gasteiger partial charge on any atom is -0.456 e. The van der Waals surface area contributed by atoms with E-state index in [1.165, 1.54) is 42.1 Å². The van der Waals surface area contributed by atoms with Crippen molar-refractivity contribution in [2.24, 2.45) is 0 Å². The third kappa shape index (κ3) is 4.16. The van der Waals surface area contributed by atoms with Crippen LogP contribution in [0.15, 0.2) is 173 Å². The van der Waals surface area contributed by atoms with E-state index in [9.17, 15) is 0 Å². The molecule has 0 N–H and O–H groups in total. The molecule has 0 radical (unpaired) electrons. The summed E-state index contributed by atoms with van der Waals surface area (Å²) < 4.78 is 15.2. The van der Waals surface area contributed by atoms with E-state index in [0.29, 0.717) is 0 Å². The zero-order chi connectivity index (χ0) is 32.8. The predicted octanol–water partition coefficient (Wildman–Crippen LogP) is 14.1. The van der Waals surface area contributed by atoms with Crippen molar-refractivity contribution in [2.45, 2.75) is 0 Å². The number of rotatable bonds is 4. The van der Waals surface area contributed by atoms with E-state index in [1.807, 2.05) is 35.6 Å². The van der Waals surface area contributed by atoms with Gasteiger partial charge >= 0.3 is 0 Å². The van der Waals surface area contributed by atoms with Crippen LogP contribution in [0.3, 0.4) is 0 Å². The lowest BCUT2D eigenvalue weighted by molar-refractivity contribution is 0.668. The molecular weight excluding hydrogens is 631 g/mol. The molecule has 3 nitrogen and oxygen atoms in total. The Bertz CT molecular complexity index is 3110. The molecule has 0 saturated carbocycles. The van der Waals surface area contributed by atoms with Gasteiger partial charge in [-0.3, -0.25) is 0 Å². The first-order valence-corrected chi connectivity index (χ1v) is 17.6. The molecule has 0 aliphatic heterocycles. The van der Waals surface area contributed by atoms with Crippen molar-refractivity contribution in [3.05, 3.63) is 164 Å². The van der Waals surface area contributed by atoms with Crippen molar-refractivity contribution < 1.29 is 8.83 Å². The summed E-state index contributed by atoms with van der Waals surface area (Å²) in [6.45, 7) is 0. The zero-order valence-electron chi connectivity index (χ0n) is 26.8. The summed E-state index contributed by atoms with van der Waals surface area (Å²) in [6, 6.07) is 58.4. The van der Waals surface area contributed by atoms with Gasteiger partial charge in [-0.25, -0.2) is 0 Å². The normalized spacial score (nSPS) is 12.0. The van der Waals surface area contributed by atoms with Gasteiger partial charge in [0.2, 0.25) is 0 Å². The van der Waals surface area contributed by atoms with Crippen molar-refractivity contribution >= 4 is 103 Å². The van der Waals surface area contributed by atoms with E-state index in [2.05, 4.69) is 144 Å². The molecule has 8 aromatic carbocycles. The molecule has 0 aliphatic rings. The molecule has 0 amide bonds. The van der Waals surface area contributed by atoms with Gasteiger partial charge in [0, 0.05) is 64.8 Å². The molecule has 0 aliphatic carbocycles. The van der Waals surface area contributed by atoms with Gasteiger partial charge in [0.05, 0.1) is 0 Å². The third-order valence-corrected chi connectivity index (χ3v) is 11.2. The van der Waals surface area contributed by atoms with E-state index in [4.69, 9.17) is 8.83 Å². The predicted molar refractivity (Wildman–Crippen MR) is 212 cm³/mol. The first kappa shape index (κ1) is 27.6. The average Bonchev–Trinajstić information content (AvgIpc) is 3.86. The summed E-state index contributed by atoms with van der Waals surface area (Å²) in [5, 5.41) is 9.67. The largest absolute Gasteiger partial charge is 0.456 e. The van der Waals surface area contributed by atoms with Crippen LogP contribution in [0.4, 0.5) is 17.1 Å². The summed E-state index contributed by atoms with van der Waals surface area (Å²) in [6.07, 6.45) is 0. The molecule has 0 saturated heterocycles. The minimum atomic E-state index is 0.865. The molecule has 0 atom stereocenters. The van der Waals surface area contributed by atoms with Gasteiger partial charge in [-0.15, -0.1) is 11.3 Å². The monoisotopic (exact) mass is 657 g/mol. The van der Waals surface area contributed by atoms with Gasteiger partial charge in [-0.05, 0) is 94.7 Å². The number of fused-ring (bicyclic) bond motifs is 11. The molecule has 50 heavy (non-hydrogen) atoms. The molecule has 3 heterocycles. The molecule has 0 unspecified atom stereocenters. The first-order valence-electron chi connectivity index (χ1n) is 16.8. The van der Waals surface area contributed by atoms with E-state index in [1.54, 1.807) is 0 Å². The van der Waals surface area contributed by atoms with E-state index in [-0.39, 0.29) is 0 Å². The van der Waals surface area contributed by atoms with Crippen LogP contribution in [0.2, 0.25) is 0 Å². The van der Waals surface area contributed by atoms with Crippen molar-refractivity contribution in [1.82, 2.24) is 0 Å². The van der Waals surface area contributed by atoms with E-state index < -0.39 is 0 Å². The smallest absolute Gasteiger partial charge is 0.137 e. The van der Waals surface area contributed by atoms with Crippen molar-refractivity contribution in [1.29, 1.82) is 0 Å². The second-order valence-electron chi connectivity index (χ2n) is 12.9. The standard InChI is InChI=1S/C46H27NO2S/c1-4-10-40-35(7-1)37-22-19-33(27-43(37)49-40)47(32-20-23-42-39(26-32)36-8-2-5-11-41(36)48-42)31-17-13-28(14-18-31)29-15-21-34-30(25-29)16-24-45-46(34)38-9-3-6-12-44(38)50-45/h1-27H. The molecule has 11 aromatic rings. The summed E-state index contributed by atoms with van der Waals surface area (Å²) >= 11 is 1.86. The minimum absolute atomic E-state index is 0.865. The second-order valence-corrected chi connectivity index (χ2v) is 14.0. The van der Waals surface area contributed by atoms with Crippen LogP contribution in [0.25, 0.3) is 85.9 Å². The Labute approximate surface area is 290 Å². The van der Waals surface area contributed by atoms with Crippen LogP contribution in [0.5, 0.6) is 0 Å². The summed E-state index contributed by atoms with van der Waals surface area (Å²) in [4.78, 5) is 2.30. The quantitative estimate of drug-likeness (QED) is 0.189. The van der Waals surface area contributed by atoms with Gasteiger partial charge in [0.15, 0.2) is 0 Å². The van der Waals surface area contributed by atoms with E-state index >= 15 is 0 Å². The van der Waals surface area contributed by atoms with Crippen LogP contribution >= 0.6 is 11.3 Å². The highest BCUT2D eigenvalue weighted by Crippen LogP contribution is 2.43. The molecule has 0 fully saturated rings. The van der Waals surface area contributed by atoms with Gasteiger partial charge in [0.1, 0.15) is 22.3 Å². The van der Waals surface area contributed by atoms with Gasteiger partial charge in [-0.1, -0.05) is 84.9 Å². The fourth-order valence-corrected chi connectivity index (χ4v) is 8.81. The lowest BCUT2D eigenvalue weighted by Gasteiger charge is -2.25. The topological polar surface area (TPSA) is 29.5 Å². The number of nitrogens with zero attached hydrogens (tertiary/aromatic N) is 1. The number of hydrogen-bond donors (Lipinski definition) is 0. The molecular formula is C46H27NO2S. The summed E-state index contributed by atoms with van der Waals surface area (Å²) in [7, 11) is 0. The Morgan fingerprint density at radius 3 is 1.80 bits per heavy atom. The maximum absolute atomic E-state index is 6.35. The third-order valence-electron chi connectivity index (χ3n) is 10.1. The fraction of sp³-hybridized carbons (Fsp3) is 0. The fourth-order valence-electron chi connectivity index (χ4n) is 7.69. The summed E-state index contributed by atoms with van der Waals surface area (Å²) in [5.74, 6) is 0. The SMILES string of the molecule is c1ccc2c(c1)oc1cc(N(c3ccc(-c4ccc5c(ccc6sc7ccccc7c65)c4)cc3)c3ccc4oc5ccccc5c4c3)ccc12. The second kappa shape index (κ2) is 10.6. The van der Waals surface area contributed by atoms with Crippen LogP contribution in [0.1, 0.15) is 0 Å². The molecule has 4 heteroatoms. The number of hydrogen-bond acceptors (Lipinski definition) is 4. The molecule has 0 spiro atoms. The Kier molecular flexibility index (Phi) is 5.83. The highest BCUT2D eigenvalue weighted by Gasteiger charge is 2.18. The lowest BCUT2D eigenvalue weighted by Crippen LogP contribution is -2.09. The molecule has 3 aromatic heterocycles. The molecule has 0 bridgehead atoms. The Hall–Kier alpha value is -6.36. The van der Waals surface area contributed by atoms with Crippen LogP contribution in [-0.2, 0) is 0 Å². The van der Waals surface area contributed by atoms with Crippen LogP contribution in [-0.4, -0.2) is 0 Å². The summed E-state index contributed by atoms with van der Waals surface area (Å²) in [5.41, 5.74) is 9.03. The van der Waals surface area contributed by atoms with Crippen molar-refractivity contribution in [2.75, 3.05) is 4.90 Å². The van der Waals surface area contributed by atoms with E-state index in [0.717, 1.165) is 60.9 Å². The number of benzene rings is 8.